The molecule has 1 amide bonds. The minimum absolute atomic E-state index is 0.151. The molecule has 0 unspecified atom stereocenters. The highest BCUT2D eigenvalue weighted by atomic mass is 16.5. The van der Waals surface area contributed by atoms with Crippen molar-refractivity contribution < 1.29 is 9.53 Å². The zero-order valence-electron chi connectivity index (χ0n) is 16.6. The third-order valence-electron chi connectivity index (χ3n) is 5.24. The van der Waals surface area contributed by atoms with Gasteiger partial charge in [-0.1, -0.05) is 35.9 Å². The van der Waals surface area contributed by atoms with Gasteiger partial charge < -0.3 is 10.1 Å². The second kappa shape index (κ2) is 8.59. The molecule has 1 fully saturated rings. The molecule has 29 heavy (non-hydrogen) atoms. The maximum atomic E-state index is 12.9. The highest BCUT2D eigenvalue weighted by Crippen LogP contribution is 2.10. The molecular formula is C23H25N3O3. The molecule has 1 aromatic carbocycles. The molecule has 0 saturated carbocycles. The van der Waals surface area contributed by atoms with E-state index in [1.165, 1.54) is 5.56 Å². The fraction of sp³-hybridized carbons (Fsp3) is 0.304. The molecule has 0 radical (unpaired) electrons. The Morgan fingerprint density at radius 3 is 2.45 bits per heavy atom. The molecule has 150 valence electrons. The van der Waals surface area contributed by atoms with Gasteiger partial charge in [0.15, 0.2) is 0 Å². The average Bonchev–Trinajstić information content (AvgIpc) is 2.74. The molecule has 0 bridgehead atoms. The maximum absolute atomic E-state index is 12.9. The largest absolute Gasteiger partial charge is 0.379 e. The summed E-state index contributed by atoms with van der Waals surface area (Å²) in [6, 6.07) is 15.3. The number of amides is 1. The summed E-state index contributed by atoms with van der Waals surface area (Å²) in [6.45, 7) is 6.40. The minimum atomic E-state index is -0.358. The van der Waals surface area contributed by atoms with Crippen LogP contribution >= 0.6 is 0 Å². The second-order valence-corrected chi connectivity index (χ2v) is 7.44. The van der Waals surface area contributed by atoms with Crippen LogP contribution in [0.15, 0.2) is 59.5 Å². The number of morpholine rings is 1. The SMILES string of the molecule is Cc1ccc(CNC(=O)c2ccc3ccc(CN4CCOCC4)cn3c2=O)cc1. The molecule has 0 spiro atoms. The molecule has 2 aromatic heterocycles. The lowest BCUT2D eigenvalue weighted by Crippen LogP contribution is -2.36. The van der Waals surface area contributed by atoms with Gasteiger partial charge in [-0.3, -0.25) is 18.9 Å². The summed E-state index contributed by atoms with van der Waals surface area (Å²) < 4.78 is 6.95. The fourth-order valence-corrected chi connectivity index (χ4v) is 3.50. The lowest BCUT2D eigenvalue weighted by Gasteiger charge is -2.26. The monoisotopic (exact) mass is 391 g/mol. The second-order valence-electron chi connectivity index (χ2n) is 7.44. The van der Waals surface area contributed by atoms with E-state index in [9.17, 15) is 9.59 Å². The van der Waals surface area contributed by atoms with Crippen LogP contribution in [-0.4, -0.2) is 41.5 Å². The Morgan fingerprint density at radius 2 is 1.69 bits per heavy atom. The van der Waals surface area contributed by atoms with Crippen LogP contribution < -0.4 is 10.9 Å². The summed E-state index contributed by atoms with van der Waals surface area (Å²) in [5.74, 6) is -0.358. The zero-order chi connectivity index (χ0) is 20.2. The van der Waals surface area contributed by atoms with Crippen molar-refractivity contribution >= 4 is 11.4 Å². The minimum Gasteiger partial charge on any atom is -0.379 e. The normalized spacial score (nSPS) is 14.8. The first-order valence-electron chi connectivity index (χ1n) is 9.88. The molecular weight excluding hydrogens is 366 g/mol. The number of nitrogens with one attached hydrogen (secondary N) is 1. The van der Waals surface area contributed by atoms with Gasteiger partial charge in [0, 0.05) is 37.9 Å². The Hall–Kier alpha value is -2.96. The van der Waals surface area contributed by atoms with Gasteiger partial charge in [0.2, 0.25) is 0 Å². The lowest BCUT2D eigenvalue weighted by atomic mass is 10.1. The summed E-state index contributed by atoms with van der Waals surface area (Å²) >= 11 is 0. The van der Waals surface area contributed by atoms with Crippen molar-refractivity contribution in [3.05, 3.63) is 87.3 Å². The van der Waals surface area contributed by atoms with Crippen LogP contribution in [0.1, 0.15) is 27.0 Å². The van der Waals surface area contributed by atoms with Gasteiger partial charge in [0.05, 0.1) is 13.2 Å². The van der Waals surface area contributed by atoms with E-state index in [0.717, 1.165) is 49.5 Å². The van der Waals surface area contributed by atoms with Crippen molar-refractivity contribution in [3.8, 4) is 0 Å². The van der Waals surface area contributed by atoms with Gasteiger partial charge in [0.1, 0.15) is 5.56 Å². The van der Waals surface area contributed by atoms with E-state index in [-0.39, 0.29) is 17.0 Å². The maximum Gasteiger partial charge on any atom is 0.267 e. The summed E-state index contributed by atoms with van der Waals surface area (Å²) in [5, 5.41) is 2.85. The van der Waals surface area contributed by atoms with E-state index in [0.29, 0.717) is 6.54 Å². The highest BCUT2D eigenvalue weighted by molar-refractivity contribution is 5.94. The van der Waals surface area contributed by atoms with Gasteiger partial charge in [0.25, 0.3) is 11.5 Å². The standard InChI is InChI=1S/C23H25N3O3/c1-17-2-4-18(5-3-17)14-24-22(27)21-9-8-20-7-6-19(16-26(20)23(21)28)15-25-10-12-29-13-11-25/h2-9,16H,10-15H2,1H3,(H,24,27). The van der Waals surface area contributed by atoms with Crippen LogP contribution in [-0.2, 0) is 17.8 Å². The van der Waals surface area contributed by atoms with Crippen molar-refractivity contribution in [2.24, 2.45) is 0 Å². The topological polar surface area (TPSA) is 63.1 Å². The summed E-state index contributed by atoms with van der Waals surface area (Å²) in [7, 11) is 0. The van der Waals surface area contributed by atoms with Crippen LogP contribution in [0.5, 0.6) is 0 Å². The van der Waals surface area contributed by atoms with Gasteiger partial charge >= 0.3 is 0 Å². The van der Waals surface area contributed by atoms with E-state index in [4.69, 9.17) is 4.74 Å². The predicted octanol–water partition coefficient (Wildman–Crippen LogP) is 2.37. The van der Waals surface area contributed by atoms with E-state index in [1.54, 1.807) is 16.5 Å². The van der Waals surface area contributed by atoms with Crippen molar-refractivity contribution in [2.45, 2.75) is 20.0 Å². The molecule has 3 heterocycles. The Bertz CT molecular complexity index is 1070. The number of rotatable bonds is 5. The van der Waals surface area contributed by atoms with Crippen molar-refractivity contribution in [1.82, 2.24) is 14.6 Å². The third kappa shape index (κ3) is 4.55. The number of carbonyl (C=O) groups excluding carboxylic acids is 1. The van der Waals surface area contributed by atoms with Gasteiger partial charge in [-0.2, -0.15) is 0 Å². The van der Waals surface area contributed by atoms with Gasteiger partial charge in [-0.05, 0) is 36.2 Å². The van der Waals surface area contributed by atoms with Gasteiger partial charge in [-0.15, -0.1) is 0 Å². The number of hydrogen-bond donors (Lipinski definition) is 1. The van der Waals surface area contributed by atoms with Crippen molar-refractivity contribution in [1.29, 1.82) is 0 Å². The Kier molecular flexibility index (Phi) is 5.74. The van der Waals surface area contributed by atoms with Gasteiger partial charge in [-0.25, -0.2) is 0 Å². The van der Waals surface area contributed by atoms with Crippen LogP contribution in [0.2, 0.25) is 0 Å². The van der Waals surface area contributed by atoms with Crippen LogP contribution in [0, 0.1) is 6.92 Å². The summed E-state index contributed by atoms with van der Waals surface area (Å²) in [4.78, 5) is 27.8. The molecule has 1 aliphatic heterocycles. The van der Waals surface area contributed by atoms with Crippen LogP contribution in [0.3, 0.4) is 0 Å². The third-order valence-corrected chi connectivity index (χ3v) is 5.24. The zero-order valence-corrected chi connectivity index (χ0v) is 16.6. The lowest BCUT2D eigenvalue weighted by molar-refractivity contribution is 0.0341. The molecule has 1 saturated heterocycles. The number of carbonyl (C=O) groups is 1. The van der Waals surface area contributed by atoms with E-state index < -0.39 is 0 Å². The quantitative estimate of drug-likeness (QED) is 0.725. The number of benzene rings is 1. The first kappa shape index (κ1) is 19.4. The number of ether oxygens (including phenoxy) is 1. The summed E-state index contributed by atoms with van der Waals surface area (Å²) in [5.41, 5.74) is 3.83. The average molecular weight is 391 g/mol. The number of aromatic nitrogens is 1. The molecule has 4 rings (SSSR count). The predicted molar refractivity (Wildman–Crippen MR) is 112 cm³/mol. The van der Waals surface area contributed by atoms with Crippen molar-refractivity contribution in [3.63, 3.8) is 0 Å². The van der Waals surface area contributed by atoms with E-state index in [2.05, 4.69) is 10.2 Å². The first-order chi connectivity index (χ1) is 14.1. The first-order valence-corrected chi connectivity index (χ1v) is 9.88. The highest BCUT2D eigenvalue weighted by Gasteiger charge is 2.14. The fourth-order valence-electron chi connectivity index (χ4n) is 3.50. The van der Waals surface area contributed by atoms with Crippen LogP contribution in [0.4, 0.5) is 0 Å². The molecule has 1 aliphatic rings. The summed E-state index contributed by atoms with van der Waals surface area (Å²) in [6.07, 6.45) is 1.84. The Labute approximate surface area is 169 Å². The molecule has 0 atom stereocenters. The molecule has 6 heteroatoms. The Balaban J connectivity index is 1.52. The van der Waals surface area contributed by atoms with Crippen molar-refractivity contribution in [2.75, 3.05) is 26.3 Å². The van der Waals surface area contributed by atoms with E-state index >= 15 is 0 Å². The number of pyridine rings is 2. The molecule has 3 aromatic rings. The smallest absolute Gasteiger partial charge is 0.267 e. The number of nitrogens with zero attached hydrogens (tertiary/aromatic N) is 2. The number of aryl methyl sites for hydroxylation is 1. The van der Waals surface area contributed by atoms with E-state index in [1.807, 2.05) is 49.5 Å². The molecule has 0 aliphatic carbocycles. The van der Waals surface area contributed by atoms with Crippen LogP contribution in [0.25, 0.3) is 5.52 Å². The molecule has 1 N–H and O–H groups in total. The number of hydrogen-bond acceptors (Lipinski definition) is 4. The Morgan fingerprint density at radius 1 is 1.00 bits per heavy atom. The molecule has 6 nitrogen and oxygen atoms in total. The number of fused-ring (bicyclic) bond motifs is 1.